The van der Waals surface area contributed by atoms with Crippen molar-refractivity contribution in [3.05, 3.63) is 46.9 Å². The number of hydrogen-bond acceptors (Lipinski definition) is 4. The normalized spacial score (nSPS) is 9.81. The van der Waals surface area contributed by atoms with Gasteiger partial charge in [0, 0.05) is 6.07 Å². The third-order valence-electron chi connectivity index (χ3n) is 1.94. The molecular formula is C11H10N2O3. The Labute approximate surface area is 91.6 Å². The Bertz CT molecular complexity index is 537. The fourth-order valence-corrected chi connectivity index (χ4v) is 1.24. The highest BCUT2D eigenvalue weighted by atomic mass is 16.5. The van der Waals surface area contributed by atoms with Crippen LogP contribution in [-0.2, 0) is 0 Å². The van der Waals surface area contributed by atoms with Crippen molar-refractivity contribution in [1.82, 2.24) is 10.2 Å². The van der Waals surface area contributed by atoms with Crippen LogP contribution in [0.15, 0.2) is 41.3 Å². The van der Waals surface area contributed by atoms with Crippen LogP contribution in [0.3, 0.4) is 0 Å². The molecule has 1 N–H and O–H groups in total. The number of nitrogens with one attached hydrogen (secondary N) is 1. The topological polar surface area (TPSA) is 64.2 Å². The van der Waals surface area contributed by atoms with Gasteiger partial charge < -0.3 is 9.47 Å². The maximum Gasteiger partial charge on any atom is 0.267 e. The minimum Gasteiger partial charge on any atom is -0.493 e. The van der Waals surface area contributed by atoms with Crippen molar-refractivity contribution in [3.8, 4) is 17.2 Å². The summed E-state index contributed by atoms with van der Waals surface area (Å²) in [4.78, 5) is 11.0. The molecule has 16 heavy (non-hydrogen) atoms. The number of nitrogens with zero attached hydrogens (tertiary/aromatic N) is 1. The molecule has 5 heteroatoms. The summed E-state index contributed by atoms with van der Waals surface area (Å²) < 4.78 is 10.6. The van der Waals surface area contributed by atoms with Crippen LogP contribution in [-0.4, -0.2) is 17.3 Å². The molecule has 1 heterocycles. The van der Waals surface area contributed by atoms with Crippen LogP contribution < -0.4 is 15.0 Å². The van der Waals surface area contributed by atoms with E-state index in [2.05, 4.69) is 10.2 Å². The molecule has 0 radical (unpaired) electrons. The smallest absolute Gasteiger partial charge is 0.267 e. The third kappa shape index (κ3) is 2.20. The zero-order chi connectivity index (χ0) is 11.4. The van der Waals surface area contributed by atoms with Crippen molar-refractivity contribution in [2.75, 3.05) is 7.11 Å². The summed E-state index contributed by atoms with van der Waals surface area (Å²) in [5.74, 6) is 1.51. The van der Waals surface area contributed by atoms with Crippen LogP contribution in [0.2, 0.25) is 0 Å². The number of aromatic amines is 1. The number of ether oxygens (including phenoxy) is 2. The predicted octanol–water partition coefficient (Wildman–Crippen LogP) is 1.57. The maximum absolute atomic E-state index is 11.0. The molecule has 0 aliphatic heterocycles. The van der Waals surface area contributed by atoms with Crippen molar-refractivity contribution >= 4 is 0 Å². The first-order valence-corrected chi connectivity index (χ1v) is 4.65. The summed E-state index contributed by atoms with van der Waals surface area (Å²) in [6.45, 7) is 0. The minimum absolute atomic E-state index is 0.313. The van der Waals surface area contributed by atoms with Crippen molar-refractivity contribution in [2.24, 2.45) is 0 Å². The number of para-hydroxylation sites is 2. The molecule has 82 valence electrons. The summed E-state index contributed by atoms with van der Waals surface area (Å²) in [5.41, 5.74) is -0.313. The molecule has 0 bridgehead atoms. The molecule has 0 amide bonds. The summed E-state index contributed by atoms with van der Waals surface area (Å²) in [6, 6.07) is 8.50. The highest BCUT2D eigenvalue weighted by Gasteiger charge is 2.04. The molecule has 0 unspecified atom stereocenters. The zero-order valence-electron chi connectivity index (χ0n) is 8.64. The number of rotatable bonds is 3. The van der Waals surface area contributed by atoms with Gasteiger partial charge in [0.1, 0.15) is 0 Å². The minimum atomic E-state index is -0.313. The lowest BCUT2D eigenvalue weighted by atomic mass is 10.3. The Morgan fingerprint density at radius 1 is 1.25 bits per heavy atom. The Hall–Kier alpha value is -2.30. The number of benzene rings is 1. The Morgan fingerprint density at radius 2 is 2.00 bits per heavy atom. The van der Waals surface area contributed by atoms with E-state index in [9.17, 15) is 4.79 Å². The van der Waals surface area contributed by atoms with E-state index in [-0.39, 0.29) is 5.56 Å². The van der Waals surface area contributed by atoms with Crippen LogP contribution in [0.25, 0.3) is 0 Å². The van der Waals surface area contributed by atoms with Gasteiger partial charge in [-0.05, 0) is 12.1 Å². The number of methoxy groups -OCH3 is 1. The van der Waals surface area contributed by atoms with E-state index in [1.165, 1.54) is 12.3 Å². The van der Waals surface area contributed by atoms with E-state index in [0.717, 1.165) is 0 Å². The average molecular weight is 218 g/mol. The monoisotopic (exact) mass is 218 g/mol. The fourth-order valence-electron chi connectivity index (χ4n) is 1.24. The molecular weight excluding hydrogens is 208 g/mol. The third-order valence-corrected chi connectivity index (χ3v) is 1.94. The van der Waals surface area contributed by atoms with Crippen LogP contribution >= 0.6 is 0 Å². The molecule has 1 aromatic heterocycles. The van der Waals surface area contributed by atoms with Crippen LogP contribution in [0, 0.1) is 0 Å². The van der Waals surface area contributed by atoms with Gasteiger partial charge in [0.15, 0.2) is 17.2 Å². The number of H-pyrrole nitrogens is 1. The van der Waals surface area contributed by atoms with E-state index >= 15 is 0 Å². The van der Waals surface area contributed by atoms with Gasteiger partial charge in [-0.3, -0.25) is 4.79 Å². The quantitative estimate of drug-likeness (QED) is 0.849. The second-order valence-electron chi connectivity index (χ2n) is 3.03. The first-order chi connectivity index (χ1) is 7.79. The molecule has 0 aliphatic rings. The Kier molecular flexibility index (Phi) is 2.86. The number of aromatic nitrogens is 2. The molecule has 0 fully saturated rings. The van der Waals surface area contributed by atoms with E-state index in [4.69, 9.17) is 9.47 Å². The molecule has 0 spiro atoms. The van der Waals surface area contributed by atoms with E-state index < -0.39 is 0 Å². The van der Waals surface area contributed by atoms with Gasteiger partial charge in [0.25, 0.3) is 5.56 Å². The van der Waals surface area contributed by atoms with Crippen LogP contribution in [0.5, 0.6) is 17.2 Å². The van der Waals surface area contributed by atoms with Crippen molar-refractivity contribution in [3.63, 3.8) is 0 Å². The van der Waals surface area contributed by atoms with Gasteiger partial charge in [-0.25, -0.2) is 5.10 Å². The van der Waals surface area contributed by atoms with Crippen molar-refractivity contribution in [1.29, 1.82) is 0 Å². The van der Waals surface area contributed by atoms with Gasteiger partial charge in [-0.1, -0.05) is 12.1 Å². The molecule has 0 saturated carbocycles. The first-order valence-electron chi connectivity index (χ1n) is 4.65. The summed E-state index contributed by atoms with van der Waals surface area (Å²) >= 11 is 0. The standard InChI is InChI=1S/C11H10N2O3/c1-15-9-4-2-3-5-10(9)16-8-6-11(14)13-12-7-8/h2-7H,1H3,(H,13,14). The van der Waals surface area contributed by atoms with Crippen LogP contribution in [0.1, 0.15) is 0 Å². The lowest BCUT2D eigenvalue weighted by Crippen LogP contribution is -2.05. The summed E-state index contributed by atoms with van der Waals surface area (Å²) in [6.07, 6.45) is 1.42. The first kappa shape index (κ1) is 10.2. The fraction of sp³-hybridized carbons (Fsp3) is 0.0909. The maximum atomic E-state index is 11.0. The van der Waals surface area contributed by atoms with Gasteiger partial charge in [0.05, 0.1) is 13.3 Å². The Balaban J connectivity index is 2.30. The molecule has 0 saturated heterocycles. The summed E-state index contributed by atoms with van der Waals surface area (Å²) in [7, 11) is 1.55. The highest BCUT2D eigenvalue weighted by Crippen LogP contribution is 2.29. The summed E-state index contributed by atoms with van der Waals surface area (Å²) in [5, 5.41) is 5.90. The molecule has 2 aromatic rings. The second-order valence-corrected chi connectivity index (χ2v) is 3.03. The molecule has 0 aliphatic carbocycles. The van der Waals surface area contributed by atoms with Gasteiger partial charge >= 0.3 is 0 Å². The average Bonchev–Trinajstić information content (AvgIpc) is 2.30. The largest absolute Gasteiger partial charge is 0.493 e. The number of hydrogen-bond donors (Lipinski definition) is 1. The van der Waals surface area contributed by atoms with Crippen molar-refractivity contribution in [2.45, 2.75) is 0 Å². The van der Waals surface area contributed by atoms with E-state index in [1.807, 2.05) is 12.1 Å². The zero-order valence-corrected chi connectivity index (χ0v) is 8.64. The van der Waals surface area contributed by atoms with Crippen molar-refractivity contribution < 1.29 is 9.47 Å². The molecule has 1 aromatic carbocycles. The van der Waals surface area contributed by atoms with E-state index in [0.29, 0.717) is 17.2 Å². The van der Waals surface area contributed by atoms with Crippen LogP contribution in [0.4, 0.5) is 0 Å². The van der Waals surface area contributed by atoms with Gasteiger partial charge in [-0.15, -0.1) is 0 Å². The van der Waals surface area contributed by atoms with E-state index in [1.54, 1.807) is 19.2 Å². The van der Waals surface area contributed by atoms with Gasteiger partial charge in [0.2, 0.25) is 0 Å². The highest BCUT2D eigenvalue weighted by molar-refractivity contribution is 5.41. The molecule has 5 nitrogen and oxygen atoms in total. The predicted molar refractivity (Wildman–Crippen MR) is 57.9 cm³/mol. The second kappa shape index (κ2) is 4.48. The molecule has 2 rings (SSSR count). The lowest BCUT2D eigenvalue weighted by Gasteiger charge is -2.08. The van der Waals surface area contributed by atoms with Gasteiger partial charge in [-0.2, -0.15) is 5.10 Å². The SMILES string of the molecule is COc1ccccc1Oc1cn[nH]c(=O)c1. The Morgan fingerprint density at radius 3 is 2.69 bits per heavy atom. The lowest BCUT2D eigenvalue weighted by molar-refractivity contribution is 0.378. The molecule has 0 atom stereocenters.